The number of aryl methyl sites for hydroxylation is 1. The van der Waals surface area contributed by atoms with Crippen LogP contribution >= 0.6 is 0 Å². The number of rotatable bonds is 8. The molecule has 0 aliphatic heterocycles. The Morgan fingerprint density at radius 1 is 1.31 bits per heavy atom. The molecule has 2 heterocycles. The second-order valence-corrected chi connectivity index (χ2v) is 9.19. The van der Waals surface area contributed by atoms with Crippen molar-refractivity contribution in [2.24, 2.45) is 7.05 Å². The Kier molecular flexibility index (Phi) is 5.85. The van der Waals surface area contributed by atoms with Crippen LogP contribution in [-0.2, 0) is 43.2 Å². The molecule has 0 aromatic carbocycles. The van der Waals surface area contributed by atoms with E-state index in [9.17, 15) is 21.6 Å². The summed E-state index contributed by atoms with van der Waals surface area (Å²) in [4.78, 5) is 11.6. The number of esters is 1. The second kappa shape index (κ2) is 7.57. The highest BCUT2D eigenvalue weighted by Gasteiger charge is 2.22. The third-order valence-corrected chi connectivity index (χ3v) is 6.19. The van der Waals surface area contributed by atoms with Gasteiger partial charge in [-0.2, -0.15) is 9.82 Å². The van der Waals surface area contributed by atoms with E-state index in [1.165, 1.54) is 37.1 Å². The summed E-state index contributed by atoms with van der Waals surface area (Å²) in [6, 6.07) is 2.59. The predicted octanol–water partition coefficient (Wildman–Crippen LogP) is -0.715. The number of hydrogen-bond donors (Lipinski definition) is 1. The van der Waals surface area contributed by atoms with E-state index >= 15 is 0 Å². The summed E-state index contributed by atoms with van der Waals surface area (Å²) in [5.74, 6) is -0.750. The number of ether oxygens (including phenoxy) is 1. The first-order valence-electron chi connectivity index (χ1n) is 7.17. The minimum absolute atomic E-state index is 0.0858. The summed E-state index contributed by atoms with van der Waals surface area (Å²) in [5, 5.41) is 3.45. The number of aromatic nitrogens is 2. The molecule has 11 nitrogen and oxygen atoms in total. The van der Waals surface area contributed by atoms with Gasteiger partial charge in [-0.25, -0.2) is 21.1 Å². The van der Waals surface area contributed by atoms with E-state index in [0.29, 0.717) is 0 Å². The predicted molar refractivity (Wildman–Crippen MR) is 87.8 cm³/mol. The van der Waals surface area contributed by atoms with Gasteiger partial charge in [0.1, 0.15) is 23.8 Å². The van der Waals surface area contributed by atoms with Crippen molar-refractivity contribution in [1.29, 1.82) is 0 Å². The number of nitrogens with one attached hydrogen (secondary N) is 1. The van der Waals surface area contributed by atoms with Gasteiger partial charge in [0.2, 0.25) is 15.1 Å². The van der Waals surface area contributed by atoms with E-state index in [-0.39, 0.29) is 22.4 Å². The summed E-state index contributed by atoms with van der Waals surface area (Å²) >= 11 is 0. The molecule has 0 bridgehead atoms. The molecule has 0 saturated carbocycles. The Morgan fingerprint density at radius 3 is 2.58 bits per heavy atom. The highest BCUT2D eigenvalue weighted by Crippen LogP contribution is 2.17. The number of nitrogens with zero attached hydrogens (tertiary/aromatic N) is 3. The maximum atomic E-state index is 11.9. The highest BCUT2D eigenvalue weighted by atomic mass is 32.2. The number of carbonyl (C=O) groups excluding carboxylic acids is 1. The van der Waals surface area contributed by atoms with Gasteiger partial charge >= 0.3 is 5.97 Å². The summed E-state index contributed by atoms with van der Waals surface area (Å²) in [5.41, 5.74) is 0. The van der Waals surface area contributed by atoms with Crippen LogP contribution in [0, 0.1) is 0 Å². The largest absolute Gasteiger partial charge is 0.457 e. The molecular weight excluding hydrogens is 388 g/mol. The lowest BCUT2D eigenvalue weighted by molar-refractivity contribution is -0.144. The average Bonchev–Trinajstić information content (AvgIpc) is 3.20. The zero-order valence-corrected chi connectivity index (χ0v) is 15.9. The molecule has 1 N–H and O–H groups in total. The fraction of sp³-hybridized carbons (Fsp3) is 0.385. The third-order valence-electron chi connectivity index (χ3n) is 3.15. The molecule has 13 heteroatoms. The lowest BCUT2D eigenvalue weighted by Crippen LogP contribution is -2.30. The topological polar surface area (TPSA) is 141 Å². The van der Waals surface area contributed by atoms with E-state index in [1.54, 1.807) is 7.05 Å². The molecule has 0 saturated heterocycles. The zero-order valence-electron chi connectivity index (χ0n) is 14.2. The fourth-order valence-corrected chi connectivity index (χ4v) is 3.50. The number of furan rings is 1. The van der Waals surface area contributed by atoms with Crippen molar-refractivity contribution >= 4 is 26.0 Å². The van der Waals surface area contributed by atoms with Crippen molar-refractivity contribution in [3.05, 3.63) is 30.3 Å². The minimum atomic E-state index is -3.88. The van der Waals surface area contributed by atoms with Gasteiger partial charge in [0.25, 0.3) is 10.0 Å². The van der Waals surface area contributed by atoms with Crippen LogP contribution in [0.15, 0.2) is 38.9 Å². The zero-order chi connectivity index (χ0) is 19.5. The Balaban J connectivity index is 1.89. The van der Waals surface area contributed by atoms with Crippen molar-refractivity contribution in [2.75, 3.05) is 20.6 Å². The molecule has 144 valence electrons. The quantitative estimate of drug-likeness (QED) is 0.567. The Hall–Kier alpha value is -2.22. The first-order chi connectivity index (χ1) is 12.0. The fourth-order valence-electron chi connectivity index (χ4n) is 1.73. The summed E-state index contributed by atoms with van der Waals surface area (Å²) in [6.45, 7) is -0.933. The van der Waals surface area contributed by atoms with Crippen molar-refractivity contribution < 1.29 is 30.8 Å². The van der Waals surface area contributed by atoms with Crippen molar-refractivity contribution in [1.82, 2.24) is 18.8 Å². The van der Waals surface area contributed by atoms with Gasteiger partial charge in [-0.3, -0.25) is 9.48 Å². The minimum Gasteiger partial charge on any atom is -0.457 e. The Morgan fingerprint density at radius 2 is 2.00 bits per heavy atom. The Labute approximate surface area is 150 Å². The monoisotopic (exact) mass is 406 g/mol. The number of carbonyl (C=O) groups is 1. The molecule has 2 aromatic heterocycles. The Bertz CT molecular complexity index is 989. The highest BCUT2D eigenvalue weighted by molar-refractivity contribution is 7.89. The summed E-state index contributed by atoms with van der Waals surface area (Å²) in [6.07, 6.45) is 2.42. The van der Waals surface area contributed by atoms with E-state index in [0.717, 1.165) is 10.5 Å². The lowest BCUT2D eigenvalue weighted by Gasteiger charge is -2.08. The SMILES string of the molecule is CN(C)S(=O)(=O)c1ccc(COC(=O)CNS(=O)(=O)c2cnn(C)c2)o1. The van der Waals surface area contributed by atoms with Crippen LogP contribution < -0.4 is 4.72 Å². The second-order valence-electron chi connectivity index (χ2n) is 5.34. The molecule has 0 atom stereocenters. The van der Waals surface area contributed by atoms with Gasteiger partial charge < -0.3 is 9.15 Å². The van der Waals surface area contributed by atoms with Crippen molar-refractivity contribution in [3.8, 4) is 0 Å². The maximum absolute atomic E-state index is 11.9. The van der Waals surface area contributed by atoms with E-state index < -0.39 is 32.6 Å². The number of sulfonamides is 2. The standard InChI is InChI=1S/C13H18N4O7S2/c1-16(2)26(21,22)13-5-4-10(24-13)9-23-12(18)7-15-25(19,20)11-6-14-17(3)8-11/h4-6,8,15H,7,9H2,1-3H3. The van der Waals surface area contributed by atoms with Crippen LogP contribution in [0.25, 0.3) is 0 Å². The van der Waals surface area contributed by atoms with Crippen LogP contribution in [0.3, 0.4) is 0 Å². The maximum Gasteiger partial charge on any atom is 0.321 e. The van der Waals surface area contributed by atoms with Gasteiger partial charge in [-0.05, 0) is 12.1 Å². The van der Waals surface area contributed by atoms with Crippen molar-refractivity contribution in [3.63, 3.8) is 0 Å². The van der Waals surface area contributed by atoms with Crippen LogP contribution in [0.4, 0.5) is 0 Å². The molecule has 0 unspecified atom stereocenters. The molecule has 0 radical (unpaired) electrons. The van der Waals surface area contributed by atoms with E-state index in [1.807, 2.05) is 0 Å². The molecular formula is C13H18N4O7S2. The first-order valence-corrected chi connectivity index (χ1v) is 10.1. The van der Waals surface area contributed by atoms with Crippen LogP contribution in [0.2, 0.25) is 0 Å². The molecule has 0 spiro atoms. The molecule has 0 aliphatic rings. The summed E-state index contributed by atoms with van der Waals surface area (Å²) in [7, 11) is -3.35. The summed E-state index contributed by atoms with van der Waals surface area (Å²) < 4.78 is 62.0. The van der Waals surface area contributed by atoms with Crippen LogP contribution in [0.1, 0.15) is 5.76 Å². The van der Waals surface area contributed by atoms with Gasteiger partial charge in [0.05, 0.1) is 6.20 Å². The van der Waals surface area contributed by atoms with Gasteiger partial charge in [0.15, 0.2) is 0 Å². The lowest BCUT2D eigenvalue weighted by atomic mass is 10.5. The normalized spacial score (nSPS) is 12.5. The van der Waals surface area contributed by atoms with Crippen LogP contribution in [-0.4, -0.2) is 57.5 Å². The molecule has 26 heavy (non-hydrogen) atoms. The molecule has 0 amide bonds. The molecule has 2 aromatic rings. The first kappa shape index (κ1) is 20.1. The number of hydrogen-bond acceptors (Lipinski definition) is 8. The average molecular weight is 406 g/mol. The molecule has 0 fully saturated rings. The van der Waals surface area contributed by atoms with Gasteiger partial charge in [-0.15, -0.1) is 0 Å². The molecule has 0 aliphatic carbocycles. The van der Waals surface area contributed by atoms with Crippen molar-refractivity contribution in [2.45, 2.75) is 16.6 Å². The van der Waals surface area contributed by atoms with Gasteiger partial charge in [-0.1, -0.05) is 0 Å². The van der Waals surface area contributed by atoms with Crippen LogP contribution in [0.5, 0.6) is 0 Å². The third kappa shape index (κ3) is 4.69. The van der Waals surface area contributed by atoms with E-state index in [2.05, 4.69) is 9.82 Å². The van der Waals surface area contributed by atoms with E-state index in [4.69, 9.17) is 9.15 Å². The van der Waals surface area contributed by atoms with Gasteiger partial charge in [0, 0.05) is 27.3 Å². The smallest absolute Gasteiger partial charge is 0.321 e. The molecule has 2 rings (SSSR count).